The summed E-state index contributed by atoms with van der Waals surface area (Å²) in [6.07, 6.45) is 67.3. The second-order valence-corrected chi connectivity index (χ2v) is 23.0. The second kappa shape index (κ2) is 60.3. The van der Waals surface area contributed by atoms with Gasteiger partial charge in [-0.15, -0.1) is 0 Å². The number of carbonyl (C=O) groups excluding carboxylic acids is 3. The van der Waals surface area contributed by atoms with Gasteiger partial charge in [0.2, 0.25) is 0 Å². The Hall–Kier alpha value is -2.82. The number of carbonyl (C=O) groups is 3. The summed E-state index contributed by atoms with van der Waals surface area (Å²) < 4.78 is 39.7. The Labute approximate surface area is 478 Å². The molecule has 0 aromatic heterocycles. The molecule has 2 N–H and O–H groups in total. The van der Waals surface area contributed by atoms with Crippen LogP contribution in [0.2, 0.25) is 0 Å². The van der Waals surface area contributed by atoms with Gasteiger partial charge in [-0.1, -0.05) is 236 Å². The quantitative estimate of drug-likeness (QED) is 0.0197. The van der Waals surface area contributed by atoms with Crippen LogP contribution in [-0.2, 0) is 42.2 Å². The molecular formula is C66H119O11P. The molecule has 0 saturated carbocycles. The fourth-order valence-electron chi connectivity index (χ4n) is 8.94. The first-order valence-electron chi connectivity index (χ1n) is 32.2. The molecular weight excluding hydrogens is 1000 g/mol. The number of ether oxygens (including phenoxy) is 3. The van der Waals surface area contributed by atoms with Crippen molar-refractivity contribution in [1.29, 1.82) is 0 Å². The molecule has 0 aromatic rings. The van der Waals surface area contributed by atoms with Crippen LogP contribution in [0.1, 0.15) is 303 Å². The molecule has 0 aliphatic carbocycles. The van der Waals surface area contributed by atoms with E-state index in [1.54, 1.807) is 0 Å². The molecule has 3 unspecified atom stereocenters. The Morgan fingerprint density at radius 3 is 0.987 bits per heavy atom. The van der Waals surface area contributed by atoms with E-state index in [4.69, 9.17) is 23.3 Å². The van der Waals surface area contributed by atoms with Crippen molar-refractivity contribution >= 4 is 25.7 Å². The van der Waals surface area contributed by atoms with Crippen molar-refractivity contribution in [2.75, 3.05) is 26.4 Å². The van der Waals surface area contributed by atoms with Crippen LogP contribution in [0.3, 0.4) is 0 Å². The standard InChI is InChI=1S/C66H119O11P/c1-4-7-10-13-16-19-22-25-28-30-31-33-36-39-42-45-48-51-54-57-66(70)77-63(59-73-64(68)55-52-49-46-43-40-37-34-27-24-21-18-15-12-9-6-3)61-75-78(71,72)74-60-62(58-67)76-65(69)56-53-50-47-44-41-38-35-32-29-26-23-20-17-14-11-8-5-2/h16,18-19,21,25-29,34,62-63,67H,4-15,17,20,22-24,30-33,35-61H2,1-3H3,(H,71,72)/b19-16-,21-18-,28-25-,29-26-,34-27-. The number of aliphatic hydroxyl groups excluding tert-OH is 1. The van der Waals surface area contributed by atoms with E-state index in [1.807, 2.05) is 0 Å². The maximum atomic E-state index is 13.0. The van der Waals surface area contributed by atoms with E-state index in [0.717, 1.165) is 103 Å². The summed E-state index contributed by atoms with van der Waals surface area (Å²) in [6.45, 7) is 4.61. The lowest BCUT2D eigenvalue weighted by Gasteiger charge is -2.21. The number of esters is 3. The highest BCUT2D eigenvalue weighted by molar-refractivity contribution is 7.47. The van der Waals surface area contributed by atoms with E-state index >= 15 is 0 Å². The Balaban J connectivity index is 4.70. The third-order valence-electron chi connectivity index (χ3n) is 13.9. The average molecular weight is 1120 g/mol. The molecule has 0 aliphatic rings. The lowest BCUT2D eigenvalue weighted by Crippen LogP contribution is -2.30. The third kappa shape index (κ3) is 57.9. The van der Waals surface area contributed by atoms with Gasteiger partial charge in [-0.2, -0.15) is 0 Å². The molecule has 454 valence electrons. The van der Waals surface area contributed by atoms with Crippen LogP contribution >= 0.6 is 7.82 Å². The number of hydrogen-bond acceptors (Lipinski definition) is 10. The summed E-state index contributed by atoms with van der Waals surface area (Å²) in [4.78, 5) is 48.7. The van der Waals surface area contributed by atoms with E-state index < -0.39 is 57.8 Å². The number of rotatable bonds is 60. The predicted molar refractivity (Wildman–Crippen MR) is 325 cm³/mol. The molecule has 0 radical (unpaired) electrons. The molecule has 0 bridgehead atoms. The summed E-state index contributed by atoms with van der Waals surface area (Å²) in [5.74, 6) is -1.48. The van der Waals surface area contributed by atoms with Crippen molar-refractivity contribution in [2.45, 2.75) is 315 Å². The van der Waals surface area contributed by atoms with E-state index in [0.29, 0.717) is 19.3 Å². The minimum Gasteiger partial charge on any atom is -0.462 e. The van der Waals surface area contributed by atoms with Crippen LogP contribution in [0.15, 0.2) is 60.8 Å². The average Bonchev–Trinajstić information content (AvgIpc) is 3.43. The van der Waals surface area contributed by atoms with Gasteiger partial charge in [0.05, 0.1) is 19.8 Å². The molecule has 0 aliphatic heterocycles. The zero-order chi connectivity index (χ0) is 56.9. The van der Waals surface area contributed by atoms with E-state index in [2.05, 4.69) is 81.5 Å². The highest BCUT2D eigenvalue weighted by Gasteiger charge is 2.28. The fourth-order valence-corrected chi connectivity index (χ4v) is 9.73. The van der Waals surface area contributed by atoms with Crippen LogP contribution < -0.4 is 0 Å². The van der Waals surface area contributed by atoms with Crippen LogP contribution in [0.25, 0.3) is 0 Å². The Kier molecular flexibility index (Phi) is 58.1. The van der Waals surface area contributed by atoms with Gasteiger partial charge in [0.1, 0.15) is 12.7 Å². The number of phosphoric acid groups is 1. The van der Waals surface area contributed by atoms with Crippen LogP contribution in [-0.4, -0.2) is 66.5 Å². The van der Waals surface area contributed by atoms with Crippen LogP contribution in [0, 0.1) is 0 Å². The molecule has 78 heavy (non-hydrogen) atoms. The van der Waals surface area contributed by atoms with Gasteiger partial charge >= 0.3 is 25.7 Å². The van der Waals surface area contributed by atoms with Crippen molar-refractivity contribution in [3.05, 3.63) is 60.8 Å². The summed E-state index contributed by atoms with van der Waals surface area (Å²) >= 11 is 0. The fraction of sp³-hybridized carbons (Fsp3) is 0.803. The molecule has 0 aromatic carbocycles. The summed E-state index contributed by atoms with van der Waals surface area (Å²) in [7, 11) is -4.76. The number of unbranched alkanes of at least 4 members (excludes halogenated alkanes) is 33. The highest BCUT2D eigenvalue weighted by Crippen LogP contribution is 2.43. The van der Waals surface area contributed by atoms with Crippen LogP contribution in [0.4, 0.5) is 0 Å². The number of aliphatic hydroxyl groups is 1. The van der Waals surface area contributed by atoms with Crippen molar-refractivity contribution in [3.63, 3.8) is 0 Å². The third-order valence-corrected chi connectivity index (χ3v) is 14.8. The van der Waals surface area contributed by atoms with Gasteiger partial charge < -0.3 is 24.2 Å². The summed E-state index contributed by atoms with van der Waals surface area (Å²) in [6, 6.07) is 0. The topological polar surface area (TPSA) is 155 Å². The number of phosphoric ester groups is 1. The zero-order valence-electron chi connectivity index (χ0n) is 50.4. The summed E-state index contributed by atoms with van der Waals surface area (Å²) in [5.41, 5.74) is 0. The molecule has 0 spiro atoms. The second-order valence-electron chi connectivity index (χ2n) is 21.6. The van der Waals surface area contributed by atoms with Crippen molar-refractivity contribution in [2.24, 2.45) is 0 Å². The monoisotopic (exact) mass is 1120 g/mol. The van der Waals surface area contributed by atoms with Gasteiger partial charge in [0, 0.05) is 19.3 Å². The largest absolute Gasteiger partial charge is 0.472 e. The van der Waals surface area contributed by atoms with Gasteiger partial charge in [-0.05, 0) is 109 Å². The van der Waals surface area contributed by atoms with Crippen molar-refractivity contribution in [3.8, 4) is 0 Å². The van der Waals surface area contributed by atoms with Gasteiger partial charge in [0.25, 0.3) is 0 Å². The SMILES string of the molecule is CCCCC/C=C\C/C=C\CCCCCCCCCCCC(=O)OC(COC(=O)CCCCCCC/C=C\C/C=C\CCCCC)COP(=O)(O)OCC(CO)OC(=O)CCCCCCCCC/C=C\CCCCCCCC. The first-order valence-corrected chi connectivity index (χ1v) is 33.7. The lowest BCUT2D eigenvalue weighted by molar-refractivity contribution is -0.161. The zero-order valence-corrected chi connectivity index (χ0v) is 51.3. The molecule has 0 fully saturated rings. The molecule has 0 rings (SSSR count). The molecule has 0 heterocycles. The molecule has 12 heteroatoms. The molecule has 11 nitrogen and oxygen atoms in total. The first-order chi connectivity index (χ1) is 38.2. The lowest BCUT2D eigenvalue weighted by atomic mass is 10.1. The Morgan fingerprint density at radius 1 is 0.359 bits per heavy atom. The van der Waals surface area contributed by atoms with Gasteiger partial charge in [-0.3, -0.25) is 23.4 Å². The number of hydrogen-bond donors (Lipinski definition) is 2. The summed E-state index contributed by atoms with van der Waals surface area (Å²) in [5, 5.41) is 9.85. The molecule has 0 saturated heterocycles. The van der Waals surface area contributed by atoms with E-state index in [9.17, 15) is 28.9 Å². The van der Waals surface area contributed by atoms with Crippen molar-refractivity contribution < 1.29 is 52.2 Å². The van der Waals surface area contributed by atoms with Crippen LogP contribution in [0.5, 0.6) is 0 Å². The number of allylic oxidation sites excluding steroid dienone is 10. The normalized spacial score (nSPS) is 13.7. The smallest absolute Gasteiger partial charge is 0.462 e. The maximum Gasteiger partial charge on any atom is 0.472 e. The Bertz CT molecular complexity index is 1540. The Morgan fingerprint density at radius 2 is 0.628 bits per heavy atom. The minimum absolute atomic E-state index is 0.160. The van der Waals surface area contributed by atoms with Gasteiger partial charge in [0.15, 0.2) is 6.10 Å². The minimum atomic E-state index is -4.76. The highest BCUT2D eigenvalue weighted by atomic mass is 31.2. The van der Waals surface area contributed by atoms with Gasteiger partial charge in [-0.25, -0.2) is 4.57 Å². The first kappa shape index (κ1) is 75.2. The molecule has 3 atom stereocenters. The predicted octanol–water partition coefficient (Wildman–Crippen LogP) is 19.5. The van der Waals surface area contributed by atoms with E-state index in [-0.39, 0.29) is 25.9 Å². The maximum absolute atomic E-state index is 13.0. The van der Waals surface area contributed by atoms with E-state index in [1.165, 1.54) is 141 Å². The van der Waals surface area contributed by atoms with Crippen molar-refractivity contribution in [1.82, 2.24) is 0 Å². The molecule has 0 amide bonds.